The number of carbonyl (C=O) groups excluding carboxylic acids is 2. The van der Waals surface area contributed by atoms with Crippen LogP contribution < -0.4 is 9.80 Å². The monoisotopic (exact) mass is 656 g/mol. The maximum atomic E-state index is 13.4. The van der Waals surface area contributed by atoms with Crippen molar-refractivity contribution in [1.82, 2.24) is 19.9 Å². The van der Waals surface area contributed by atoms with E-state index in [0.717, 1.165) is 16.7 Å². The highest BCUT2D eigenvalue weighted by molar-refractivity contribution is 7.14. The zero-order valence-corrected chi connectivity index (χ0v) is 27.3. The molecule has 0 saturated heterocycles. The first-order valence-corrected chi connectivity index (χ1v) is 16.5. The first-order chi connectivity index (χ1) is 22.6. The molecule has 0 unspecified atom stereocenters. The first-order valence-electron chi connectivity index (χ1n) is 14.8. The number of benzene rings is 2. The smallest absolute Gasteiger partial charge is 0.415 e. The Morgan fingerprint density at radius 3 is 1.50 bits per heavy atom. The highest BCUT2D eigenvalue weighted by Gasteiger charge is 2.33. The van der Waals surface area contributed by atoms with E-state index in [4.69, 9.17) is 9.47 Å². The van der Waals surface area contributed by atoms with Crippen LogP contribution >= 0.6 is 22.7 Å². The van der Waals surface area contributed by atoms with Crippen LogP contribution in [0.25, 0.3) is 0 Å². The normalized spacial score (nSPS) is 12.3. The molecular weight excluding hydrogens is 621 g/mol. The Labute approximate surface area is 276 Å². The molecule has 2 amide bonds. The van der Waals surface area contributed by atoms with Gasteiger partial charge in [-0.15, -0.1) is 22.7 Å². The van der Waals surface area contributed by atoms with E-state index in [1.54, 1.807) is 45.6 Å². The molecule has 2 atom stereocenters. The van der Waals surface area contributed by atoms with Crippen LogP contribution in [0, 0.1) is 0 Å². The minimum Gasteiger partial charge on any atom is -0.452 e. The summed E-state index contributed by atoms with van der Waals surface area (Å²) in [6, 6.07) is 23.5. The molecule has 0 radical (unpaired) electrons. The minimum atomic E-state index is -0.462. The molecule has 0 fully saturated rings. The van der Waals surface area contributed by atoms with Gasteiger partial charge in [0, 0.05) is 32.0 Å². The Kier molecular flexibility index (Phi) is 11.8. The van der Waals surface area contributed by atoms with Crippen molar-refractivity contribution in [3.05, 3.63) is 125 Å². The second-order valence-electron chi connectivity index (χ2n) is 10.6. The molecule has 2 aromatic carbocycles. The second-order valence-corrected chi connectivity index (χ2v) is 12.3. The number of hydrogen-bond donors (Lipinski definition) is 0. The lowest BCUT2D eigenvalue weighted by molar-refractivity contribution is 0.165. The Bertz CT molecular complexity index is 1510. The van der Waals surface area contributed by atoms with Crippen LogP contribution in [0.5, 0.6) is 0 Å². The molecule has 0 aliphatic heterocycles. The van der Waals surface area contributed by atoms with E-state index in [1.165, 1.54) is 36.9 Å². The highest BCUT2D eigenvalue weighted by atomic mass is 32.1. The summed E-state index contributed by atoms with van der Waals surface area (Å²) in [6.45, 7) is 1.48. The van der Waals surface area contributed by atoms with Crippen molar-refractivity contribution in [2.45, 2.75) is 31.5 Å². The van der Waals surface area contributed by atoms with Crippen molar-refractivity contribution >= 4 is 44.9 Å². The van der Waals surface area contributed by atoms with Crippen LogP contribution in [0.15, 0.2) is 109 Å². The fourth-order valence-electron chi connectivity index (χ4n) is 5.48. The summed E-state index contributed by atoms with van der Waals surface area (Å²) in [5, 5.41) is 1.39. The van der Waals surface area contributed by atoms with E-state index in [1.807, 2.05) is 48.5 Å². The van der Waals surface area contributed by atoms with E-state index in [0.29, 0.717) is 42.5 Å². The van der Waals surface area contributed by atoms with Gasteiger partial charge >= 0.3 is 12.2 Å². The third-order valence-corrected chi connectivity index (χ3v) is 9.05. The van der Waals surface area contributed by atoms with Gasteiger partial charge in [0.05, 0.1) is 49.7 Å². The fourth-order valence-corrected chi connectivity index (χ4v) is 6.86. The minimum absolute atomic E-state index is 0.329. The van der Waals surface area contributed by atoms with Gasteiger partial charge in [-0.05, 0) is 41.7 Å². The molecule has 12 heteroatoms. The predicted octanol–water partition coefficient (Wildman–Crippen LogP) is 6.57. The second kappa shape index (κ2) is 16.6. The Hall–Kier alpha value is -4.65. The van der Waals surface area contributed by atoms with Gasteiger partial charge in [-0.25, -0.2) is 9.59 Å². The largest absolute Gasteiger partial charge is 0.452 e. The maximum Gasteiger partial charge on any atom is 0.415 e. The number of nitrogens with zero attached hydrogens (tertiary/aromatic N) is 6. The number of anilines is 2. The molecular formula is C34H36N6O4S2. The summed E-state index contributed by atoms with van der Waals surface area (Å²) in [4.78, 5) is 45.2. The van der Waals surface area contributed by atoms with Crippen molar-refractivity contribution in [3.63, 3.8) is 0 Å². The van der Waals surface area contributed by atoms with E-state index in [2.05, 4.69) is 44.1 Å². The number of aromatic nitrogens is 3. The van der Waals surface area contributed by atoms with E-state index < -0.39 is 12.2 Å². The summed E-state index contributed by atoms with van der Waals surface area (Å²) in [7, 11) is 2.79. The molecule has 46 heavy (non-hydrogen) atoms. The van der Waals surface area contributed by atoms with Crippen LogP contribution in [0.2, 0.25) is 0 Å². The van der Waals surface area contributed by atoms with Crippen LogP contribution in [0.4, 0.5) is 19.6 Å². The topological polar surface area (TPSA) is 101 Å². The molecule has 5 rings (SSSR count). The van der Waals surface area contributed by atoms with Gasteiger partial charge in [-0.3, -0.25) is 29.7 Å². The summed E-state index contributed by atoms with van der Waals surface area (Å²) in [5.41, 5.74) is 6.63. The van der Waals surface area contributed by atoms with E-state index in [-0.39, 0.29) is 12.1 Å². The standard InChI is InChI=1S/C34H36N6O4S2/c1-43-33(41)39(31-19-36-24-45-31)29(17-26-9-5-3-6-10-26)22-38(21-28-13-15-35-16-14-28)23-30(18-27-11-7-4-8-12-27)40(34(42)44-2)32-20-37-25-46-32/h3-16,19-20,24-25,29-30H,17-18,21-23H2,1-2H3/t29-,30-/m1/s1. The number of amides is 2. The average molecular weight is 657 g/mol. The number of thiazole rings is 2. The number of ether oxygens (including phenoxy) is 2. The summed E-state index contributed by atoms with van der Waals surface area (Å²) in [6.07, 6.45) is 7.13. The summed E-state index contributed by atoms with van der Waals surface area (Å²) < 4.78 is 10.6. The molecule has 0 aliphatic carbocycles. The van der Waals surface area contributed by atoms with Crippen molar-refractivity contribution < 1.29 is 19.1 Å². The van der Waals surface area contributed by atoms with Crippen LogP contribution in [0.1, 0.15) is 16.7 Å². The zero-order chi connectivity index (χ0) is 32.1. The predicted molar refractivity (Wildman–Crippen MR) is 181 cm³/mol. The molecule has 0 bridgehead atoms. The van der Waals surface area contributed by atoms with Crippen LogP contribution in [0.3, 0.4) is 0 Å². The quantitative estimate of drug-likeness (QED) is 0.132. The molecule has 3 aromatic heterocycles. The van der Waals surface area contributed by atoms with Crippen LogP contribution in [-0.4, -0.2) is 71.4 Å². The number of rotatable bonds is 14. The van der Waals surface area contributed by atoms with Gasteiger partial charge in [-0.1, -0.05) is 60.7 Å². The fraction of sp³-hybridized carbons (Fsp3) is 0.265. The van der Waals surface area contributed by atoms with Gasteiger partial charge in [-0.2, -0.15) is 0 Å². The van der Waals surface area contributed by atoms with Crippen molar-refractivity contribution in [1.29, 1.82) is 0 Å². The summed E-state index contributed by atoms with van der Waals surface area (Å²) >= 11 is 2.77. The molecule has 238 valence electrons. The lowest BCUT2D eigenvalue weighted by Crippen LogP contribution is -2.52. The van der Waals surface area contributed by atoms with Crippen molar-refractivity contribution in [2.75, 3.05) is 37.1 Å². The Balaban J connectivity index is 1.56. The number of pyridine rings is 1. The molecule has 0 spiro atoms. The average Bonchev–Trinajstić information content (AvgIpc) is 3.82. The van der Waals surface area contributed by atoms with Gasteiger partial charge in [0.25, 0.3) is 0 Å². The number of hydrogen-bond acceptors (Lipinski definition) is 10. The van der Waals surface area contributed by atoms with E-state index >= 15 is 0 Å². The lowest BCUT2D eigenvalue weighted by atomic mass is 10.0. The van der Waals surface area contributed by atoms with Gasteiger partial charge in [0.15, 0.2) is 0 Å². The molecule has 3 heterocycles. The zero-order valence-electron chi connectivity index (χ0n) is 25.7. The first kappa shape index (κ1) is 32.7. The SMILES string of the molecule is COC(=O)N(c1cncs1)[C@H](Cc1ccccc1)CN(Cc1ccncc1)C[C@@H](Cc1ccccc1)N(C(=O)OC)c1cncs1. The molecule has 5 aromatic rings. The third kappa shape index (κ3) is 8.75. The van der Waals surface area contributed by atoms with Gasteiger partial charge in [0.1, 0.15) is 10.0 Å². The molecule has 0 saturated carbocycles. The van der Waals surface area contributed by atoms with Crippen LogP contribution in [-0.2, 0) is 28.9 Å². The molecule has 0 N–H and O–H groups in total. The van der Waals surface area contributed by atoms with Gasteiger partial charge < -0.3 is 9.47 Å². The molecule has 10 nitrogen and oxygen atoms in total. The lowest BCUT2D eigenvalue weighted by Gasteiger charge is -2.38. The number of carbonyl (C=O) groups is 2. The third-order valence-electron chi connectivity index (χ3n) is 7.51. The van der Waals surface area contributed by atoms with E-state index in [9.17, 15) is 9.59 Å². The Morgan fingerprint density at radius 2 is 1.11 bits per heavy atom. The van der Waals surface area contributed by atoms with Crippen molar-refractivity contribution in [3.8, 4) is 0 Å². The molecule has 0 aliphatic rings. The maximum absolute atomic E-state index is 13.4. The van der Waals surface area contributed by atoms with Gasteiger partial charge in [0.2, 0.25) is 0 Å². The highest BCUT2D eigenvalue weighted by Crippen LogP contribution is 2.28. The van der Waals surface area contributed by atoms with Crippen molar-refractivity contribution in [2.24, 2.45) is 0 Å². The Morgan fingerprint density at radius 1 is 0.652 bits per heavy atom. The summed E-state index contributed by atoms with van der Waals surface area (Å²) in [5.74, 6) is 0. The number of methoxy groups -OCH3 is 2.